The predicted molar refractivity (Wildman–Crippen MR) is 53.0 cm³/mol. The normalized spacial score (nSPS) is 22.3. The smallest absolute Gasteiger partial charge is 0.141 e. The van der Waals surface area contributed by atoms with E-state index >= 15 is 0 Å². The molecule has 0 aliphatic carbocycles. The Hall–Kier alpha value is -0.500. The van der Waals surface area contributed by atoms with Gasteiger partial charge in [0.15, 0.2) is 0 Å². The SMILES string of the molecule is CC(C)CC1=CC(CC(C)C)OO1. The molecule has 1 aliphatic heterocycles. The summed E-state index contributed by atoms with van der Waals surface area (Å²) in [6.45, 7) is 8.75. The van der Waals surface area contributed by atoms with Gasteiger partial charge in [-0.2, -0.15) is 4.89 Å². The Kier molecular flexibility index (Phi) is 3.79. The van der Waals surface area contributed by atoms with Crippen molar-refractivity contribution in [3.63, 3.8) is 0 Å². The van der Waals surface area contributed by atoms with Crippen molar-refractivity contribution in [1.29, 1.82) is 0 Å². The molecule has 1 aliphatic rings. The molecule has 0 radical (unpaired) electrons. The fraction of sp³-hybridized carbons (Fsp3) is 0.818. The zero-order chi connectivity index (χ0) is 9.84. The van der Waals surface area contributed by atoms with E-state index in [1.165, 1.54) is 0 Å². The molecule has 0 bridgehead atoms. The minimum atomic E-state index is 0.175. The third-order valence-electron chi connectivity index (χ3n) is 1.96. The summed E-state index contributed by atoms with van der Waals surface area (Å²) in [5.41, 5.74) is 0. The van der Waals surface area contributed by atoms with Crippen LogP contribution in [0.25, 0.3) is 0 Å². The Morgan fingerprint density at radius 1 is 1.23 bits per heavy atom. The molecular weight excluding hydrogens is 164 g/mol. The third kappa shape index (κ3) is 3.81. The first-order chi connectivity index (χ1) is 6.08. The van der Waals surface area contributed by atoms with Crippen LogP contribution in [0.2, 0.25) is 0 Å². The number of hydrogen-bond donors (Lipinski definition) is 0. The van der Waals surface area contributed by atoms with Gasteiger partial charge in [-0.1, -0.05) is 27.7 Å². The van der Waals surface area contributed by atoms with Gasteiger partial charge in [-0.25, -0.2) is 0 Å². The van der Waals surface area contributed by atoms with Gasteiger partial charge in [0, 0.05) is 6.42 Å². The maximum Gasteiger partial charge on any atom is 0.141 e. The van der Waals surface area contributed by atoms with Crippen LogP contribution in [0.4, 0.5) is 0 Å². The van der Waals surface area contributed by atoms with Crippen LogP contribution in [0.3, 0.4) is 0 Å². The topological polar surface area (TPSA) is 18.5 Å². The van der Waals surface area contributed by atoms with Gasteiger partial charge < -0.3 is 4.89 Å². The van der Waals surface area contributed by atoms with Gasteiger partial charge in [0.2, 0.25) is 0 Å². The van der Waals surface area contributed by atoms with E-state index < -0.39 is 0 Å². The van der Waals surface area contributed by atoms with Crippen molar-refractivity contribution in [1.82, 2.24) is 0 Å². The molecular formula is C11H20O2. The first-order valence-corrected chi connectivity index (χ1v) is 5.12. The highest BCUT2D eigenvalue weighted by Crippen LogP contribution is 2.23. The summed E-state index contributed by atoms with van der Waals surface area (Å²) in [6, 6.07) is 0. The van der Waals surface area contributed by atoms with Gasteiger partial charge in [0.1, 0.15) is 11.9 Å². The summed E-state index contributed by atoms with van der Waals surface area (Å²) >= 11 is 0. The van der Waals surface area contributed by atoms with Crippen molar-refractivity contribution in [2.75, 3.05) is 0 Å². The average Bonchev–Trinajstić information content (AvgIpc) is 2.33. The lowest BCUT2D eigenvalue weighted by atomic mass is 10.0. The van der Waals surface area contributed by atoms with Crippen molar-refractivity contribution >= 4 is 0 Å². The van der Waals surface area contributed by atoms with Crippen LogP contribution in [0.5, 0.6) is 0 Å². The zero-order valence-corrected chi connectivity index (χ0v) is 9.04. The Morgan fingerprint density at radius 2 is 1.92 bits per heavy atom. The second kappa shape index (κ2) is 4.66. The summed E-state index contributed by atoms with van der Waals surface area (Å²) in [4.78, 5) is 10.3. The molecule has 1 rings (SSSR count). The van der Waals surface area contributed by atoms with Gasteiger partial charge in [-0.05, 0) is 24.3 Å². The maximum atomic E-state index is 5.18. The summed E-state index contributed by atoms with van der Waals surface area (Å²) in [5.74, 6) is 2.29. The standard InChI is InChI=1S/C11H20O2/c1-8(2)5-10-7-11(13-12-10)6-9(3)4/h7-10H,5-6H2,1-4H3. The van der Waals surface area contributed by atoms with Crippen molar-refractivity contribution in [3.8, 4) is 0 Å². The first kappa shape index (κ1) is 10.6. The summed E-state index contributed by atoms with van der Waals surface area (Å²) in [6.07, 6.45) is 4.31. The molecule has 0 N–H and O–H groups in total. The first-order valence-electron chi connectivity index (χ1n) is 5.12. The van der Waals surface area contributed by atoms with Gasteiger partial charge in [-0.15, -0.1) is 0 Å². The molecule has 0 amide bonds. The number of allylic oxidation sites excluding steroid dienone is 1. The Morgan fingerprint density at radius 3 is 2.46 bits per heavy atom. The average molecular weight is 184 g/mol. The predicted octanol–water partition coefficient (Wildman–Crippen LogP) is 3.29. The van der Waals surface area contributed by atoms with Gasteiger partial charge in [0.05, 0.1) is 0 Å². The lowest BCUT2D eigenvalue weighted by molar-refractivity contribution is -0.267. The fourth-order valence-electron chi connectivity index (χ4n) is 1.46. The van der Waals surface area contributed by atoms with Gasteiger partial charge in [0.25, 0.3) is 0 Å². The van der Waals surface area contributed by atoms with Crippen LogP contribution in [0.1, 0.15) is 40.5 Å². The molecule has 0 spiro atoms. The summed E-state index contributed by atoms with van der Waals surface area (Å²) in [7, 11) is 0. The molecule has 0 aromatic carbocycles. The Balaban J connectivity index is 2.35. The van der Waals surface area contributed by atoms with Crippen LogP contribution in [0.15, 0.2) is 11.8 Å². The lowest BCUT2D eigenvalue weighted by Gasteiger charge is -2.07. The van der Waals surface area contributed by atoms with Crippen molar-refractivity contribution in [2.24, 2.45) is 11.8 Å². The molecule has 13 heavy (non-hydrogen) atoms. The van der Waals surface area contributed by atoms with E-state index in [2.05, 4.69) is 33.8 Å². The van der Waals surface area contributed by atoms with E-state index in [1.54, 1.807) is 0 Å². The minimum Gasteiger partial charge on any atom is -0.342 e. The van der Waals surface area contributed by atoms with Gasteiger partial charge >= 0.3 is 0 Å². The van der Waals surface area contributed by atoms with Crippen molar-refractivity contribution < 1.29 is 9.78 Å². The second-order valence-electron chi connectivity index (χ2n) is 4.58. The fourth-order valence-corrected chi connectivity index (χ4v) is 1.46. The van der Waals surface area contributed by atoms with Crippen LogP contribution in [-0.2, 0) is 9.78 Å². The lowest BCUT2D eigenvalue weighted by Crippen LogP contribution is -2.06. The van der Waals surface area contributed by atoms with Crippen LogP contribution < -0.4 is 0 Å². The van der Waals surface area contributed by atoms with E-state index in [-0.39, 0.29) is 6.10 Å². The zero-order valence-electron chi connectivity index (χ0n) is 9.04. The van der Waals surface area contributed by atoms with Gasteiger partial charge in [-0.3, -0.25) is 0 Å². The molecule has 1 unspecified atom stereocenters. The van der Waals surface area contributed by atoms with E-state index in [4.69, 9.17) is 9.78 Å². The Bertz CT molecular complexity index is 183. The molecule has 1 atom stereocenters. The van der Waals surface area contributed by atoms with Crippen LogP contribution >= 0.6 is 0 Å². The van der Waals surface area contributed by atoms with E-state index in [0.29, 0.717) is 11.8 Å². The molecule has 2 heteroatoms. The maximum absolute atomic E-state index is 5.18. The van der Waals surface area contributed by atoms with Crippen molar-refractivity contribution in [3.05, 3.63) is 11.8 Å². The minimum absolute atomic E-state index is 0.175. The summed E-state index contributed by atoms with van der Waals surface area (Å²) in [5, 5.41) is 0. The third-order valence-corrected chi connectivity index (χ3v) is 1.96. The molecule has 76 valence electrons. The molecule has 0 aromatic heterocycles. The molecule has 2 nitrogen and oxygen atoms in total. The second-order valence-corrected chi connectivity index (χ2v) is 4.58. The number of hydrogen-bond acceptors (Lipinski definition) is 2. The molecule has 0 saturated carbocycles. The summed E-state index contributed by atoms with van der Waals surface area (Å²) < 4.78 is 0. The van der Waals surface area contributed by atoms with Crippen LogP contribution in [-0.4, -0.2) is 6.10 Å². The van der Waals surface area contributed by atoms with E-state index in [1.807, 2.05) is 0 Å². The van der Waals surface area contributed by atoms with Crippen molar-refractivity contribution in [2.45, 2.75) is 46.6 Å². The quantitative estimate of drug-likeness (QED) is 0.624. The Labute approximate surface area is 80.8 Å². The highest BCUT2D eigenvalue weighted by Gasteiger charge is 2.20. The molecule has 0 saturated heterocycles. The molecule has 0 aromatic rings. The molecule has 1 heterocycles. The van der Waals surface area contributed by atoms with Crippen LogP contribution in [0, 0.1) is 11.8 Å². The monoisotopic (exact) mass is 184 g/mol. The molecule has 0 fully saturated rings. The highest BCUT2D eigenvalue weighted by atomic mass is 17.2. The van der Waals surface area contributed by atoms with E-state index in [0.717, 1.165) is 18.6 Å². The highest BCUT2D eigenvalue weighted by molar-refractivity contribution is 5.01. The number of rotatable bonds is 4. The van der Waals surface area contributed by atoms with E-state index in [9.17, 15) is 0 Å². The largest absolute Gasteiger partial charge is 0.342 e.